The van der Waals surface area contributed by atoms with Gasteiger partial charge < -0.3 is 19.5 Å². The average molecular weight is 355 g/mol. The van der Waals surface area contributed by atoms with Crippen LogP contribution in [0.1, 0.15) is 24.3 Å². The molecule has 5 nitrogen and oxygen atoms in total. The molecule has 0 saturated carbocycles. The van der Waals surface area contributed by atoms with Gasteiger partial charge in [0, 0.05) is 0 Å². The topological polar surface area (TPSA) is 51.1 Å². The minimum Gasteiger partial charge on any atom is -0.467 e. The quantitative estimate of drug-likeness (QED) is 0.653. The number of carbonyl (C=O) groups excluding carboxylic acids is 1. The highest BCUT2D eigenvalue weighted by Crippen LogP contribution is 2.11. The number of hydrogen-bond donors (Lipinski definition) is 3. The van der Waals surface area contributed by atoms with Gasteiger partial charge in [-0.1, -0.05) is 36.4 Å². The number of nitrogens with one attached hydrogen (secondary N) is 3. The second kappa shape index (κ2) is 9.36. The number of quaternary nitrogens is 2. The zero-order valence-corrected chi connectivity index (χ0v) is 15.4. The van der Waals surface area contributed by atoms with E-state index in [9.17, 15) is 4.79 Å². The third-order valence-electron chi connectivity index (χ3n) is 4.94. The molecule has 3 N–H and O–H groups in total. The van der Waals surface area contributed by atoms with Crippen molar-refractivity contribution in [3.05, 3.63) is 66.1 Å². The van der Waals surface area contributed by atoms with E-state index in [-0.39, 0.29) is 11.9 Å². The van der Waals surface area contributed by atoms with Crippen molar-refractivity contribution in [2.45, 2.75) is 13.0 Å². The Kier molecular flexibility index (Phi) is 6.63. The monoisotopic (exact) mass is 355 g/mol. The van der Waals surface area contributed by atoms with Crippen molar-refractivity contribution in [2.75, 3.05) is 39.3 Å². The lowest BCUT2D eigenvalue weighted by molar-refractivity contribution is -1.01. The second-order valence-electron chi connectivity index (χ2n) is 7.00. The van der Waals surface area contributed by atoms with Gasteiger partial charge in [-0.25, -0.2) is 0 Å². The van der Waals surface area contributed by atoms with Gasteiger partial charge in [-0.15, -0.1) is 0 Å². The van der Waals surface area contributed by atoms with Crippen LogP contribution in [-0.2, 0) is 4.79 Å². The fraction of sp³-hybridized carbons (Fsp3) is 0.381. The second-order valence-corrected chi connectivity index (χ2v) is 7.00. The maximum Gasteiger partial charge on any atom is 0.275 e. The minimum absolute atomic E-state index is 0.0769. The normalized spacial score (nSPS) is 21.6. The van der Waals surface area contributed by atoms with Crippen molar-refractivity contribution >= 4 is 12.0 Å². The van der Waals surface area contributed by atoms with Gasteiger partial charge in [-0.05, 0) is 30.7 Å². The van der Waals surface area contributed by atoms with Crippen LogP contribution in [0.4, 0.5) is 0 Å². The highest BCUT2D eigenvalue weighted by molar-refractivity contribution is 5.77. The van der Waals surface area contributed by atoms with Crippen LogP contribution in [0.3, 0.4) is 0 Å². The average Bonchev–Trinajstić information content (AvgIpc) is 3.19. The lowest BCUT2D eigenvalue weighted by atomic mass is 10.2. The predicted octanol–water partition coefficient (Wildman–Crippen LogP) is -0.0464. The van der Waals surface area contributed by atoms with E-state index < -0.39 is 0 Å². The number of amides is 1. The summed E-state index contributed by atoms with van der Waals surface area (Å²) >= 11 is 0. The van der Waals surface area contributed by atoms with Crippen molar-refractivity contribution in [3.8, 4) is 0 Å². The van der Waals surface area contributed by atoms with E-state index in [1.54, 1.807) is 11.2 Å². The largest absolute Gasteiger partial charge is 0.467 e. The standard InChI is InChI=1S/C21H27N3O2/c1-18(20-10-6-16-26-20)22-21(25)17-24-14-12-23(13-15-24)11-5-9-19-7-3-2-4-8-19/h2-10,16,18H,11-15,17H2,1H3,(H,22,25)/p+2/b9-5+/t18-/m0/s1. The maximum absolute atomic E-state index is 12.2. The van der Waals surface area contributed by atoms with E-state index in [2.05, 4.69) is 41.7 Å². The summed E-state index contributed by atoms with van der Waals surface area (Å²) in [6.07, 6.45) is 6.08. The third-order valence-corrected chi connectivity index (χ3v) is 4.94. The third kappa shape index (κ3) is 5.58. The van der Waals surface area contributed by atoms with E-state index in [1.165, 1.54) is 10.5 Å². The molecule has 0 aliphatic carbocycles. The molecule has 3 rings (SSSR count). The molecule has 2 aromatic rings. The molecular formula is C21H29N3O2+2. The van der Waals surface area contributed by atoms with Crippen LogP contribution in [0.15, 0.2) is 59.2 Å². The van der Waals surface area contributed by atoms with Gasteiger partial charge in [0.2, 0.25) is 0 Å². The molecule has 5 heteroatoms. The number of hydrogen-bond acceptors (Lipinski definition) is 2. The van der Waals surface area contributed by atoms with Crippen molar-refractivity contribution < 1.29 is 19.0 Å². The number of rotatable bonds is 7. The zero-order valence-electron chi connectivity index (χ0n) is 15.4. The SMILES string of the molecule is C[C@H](NC(=O)C[NH+]1CC[NH+](C/C=C/c2ccccc2)CC1)c1ccco1. The summed E-state index contributed by atoms with van der Waals surface area (Å²) in [4.78, 5) is 15.2. The van der Waals surface area contributed by atoms with Gasteiger partial charge >= 0.3 is 0 Å². The molecular weight excluding hydrogens is 326 g/mol. The van der Waals surface area contributed by atoms with Gasteiger partial charge in [-0.3, -0.25) is 4.79 Å². The summed E-state index contributed by atoms with van der Waals surface area (Å²) in [5.74, 6) is 0.893. The molecule has 0 radical (unpaired) electrons. The van der Waals surface area contributed by atoms with Crippen LogP contribution in [0.5, 0.6) is 0 Å². The minimum atomic E-state index is -0.0769. The van der Waals surface area contributed by atoms with Crippen LogP contribution >= 0.6 is 0 Å². The first-order valence-corrected chi connectivity index (χ1v) is 9.42. The van der Waals surface area contributed by atoms with Gasteiger partial charge in [0.05, 0.1) is 18.8 Å². The Labute approximate surface area is 155 Å². The van der Waals surface area contributed by atoms with E-state index in [0.29, 0.717) is 6.54 Å². The van der Waals surface area contributed by atoms with Crippen LogP contribution in [-0.4, -0.2) is 45.2 Å². The number of furan rings is 1. The summed E-state index contributed by atoms with van der Waals surface area (Å²) in [5.41, 5.74) is 1.25. The van der Waals surface area contributed by atoms with Crippen molar-refractivity contribution in [2.24, 2.45) is 0 Å². The smallest absolute Gasteiger partial charge is 0.275 e. The van der Waals surface area contributed by atoms with Gasteiger partial charge in [0.15, 0.2) is 6.54 Å². The molecule has 1 fully saturated rings. The summed E-state index contributed by atoms with van der Waals surface area (Å²) in [6.45, 7) is 7.83. The van der Waals surface area contributed by atoms with Gasteiger partial charge in [0.25, 0.3) is 5.91 Å². The lowest BCUT2D eigenvalue weighted by Gasteiger charge is -2.28. The van der Waals surface area contributed by atoms with E-state index in [1.807, 2.05) is 25.1 Å². The molecule has 1 aromatic heterocycles. The Morgan fingerprint density at radius 1 is 1.12 bits per heavy atom. The van der Waals surface area contributed by atoms with Gasteiger partial charge in [0.1, 0.15) is 31.9 Å². The first kappa shape index (κ1) is 18.4. The molecule has 1 saturated heterocycles. The van der Waals surface area contributed by atoms with Crippen LogP contribution in [0.25, 0.3) is 6.08 Å². The number of benzene rings is 1. The fourth-order valence-electron chi connectivity index (χ4n) is 3.39. The van der Waals surface area contributed by atoms with Crippen LogP contribution in [0, 0.1) is 0 Å². The van der Waals surface area contributed by atoms with E-state index >= 15 is 0 Å². The molecule has 1 amide bonds. The maximum atomic E-state index is 12.2. The molecule has 1 aromatic carbocycles. The molecule has 1 aliphatic heterocycles. The summed E-state index contributed by atoms with van der Waals surface area (Å²) in [6, 6.07) is 14.1. The Morgan fingerprint density at radius 3 is 2.54 bits per heavy atom. The fourth-order valence-corrected chi connectivity index (χ4v) is 3.39. The van der Waals surface area contributed by atoms with Crippen molar-refractivity contribution in [1.82, 2.24) is 5.32 Å². The Hall–Kier alpha value is -2.37. The Bertz CT molecular complexity index is 689. The van der Waals surface area contributed by atoms with Gasteiger partial charge in [-0.2, -0.15) is 0 Å². The molecule has 0 bridgehead atoms. The molecule has 0 unspecified atom stereocenters. The number of piperazine rings is 1. The molecule has 0 spiro atoms. The van der Waals surface area contributed by atoms with E-state index in [0.717, 1.165) is 38.5 Å². The number of carbonyl (C=O) groups is 1. The first-order valence-electron chi connectivity index (χ1n) is 9.42. The molecule has 138 valence electrons. The van der Waals surface area contributed by atoms with Crippen LogP contribution in [0.2, 0.25) is 0 Å². The molecule has 1 aliphatic rings. The van der Waals surface area contributed by atoms with Crippen molar-refractivity contribution in [1.29, 1.82) is 0 Å². The molecule has 26 heavy (non-hydrogen) atoms. The van der Waals surface area contributed by atoms with Crippen molar-refractivity contribution in [3.63, 3.8) is 0 Å². The lowest BCUT2D eigenvalue weighted by Crippen LogP contribution is -3.28. The summed E-state index contributed by atoms with van der Waals surface area (Å²) in [5, 5.41) is 3.02. The predicted molar refractivity (Wildman–Crippen MR) is 102 cm³/mol. The summed E-state index contributed by atoms with van der Waals surface area (Å²) in [7, 11) is 0. The Morgan fingerprint density at radius 2 is 1.85 bits per heavy atom. The highest BCUT2D eigenvalue weighted by atomic mass is 16.3. The molecule has 1 atom stereocenters. The zero-order chi connectivity index (χ0) is 18.2. The summed E-state index contributed by atoms with van der Waals surface area (Å²) < 4.78 is 5.34. The Balaban J connectivity index is 1.35. The molecule has 2 heterocycles. The highest BCUT2D eigenvalue weighted by Gasteiger charge is 2.24. The van der Waals surface area contributed by atoms with Crippen LogP contribution < -0.4 is 15.1 Å². The van der Waals surface area contributed by atoms with E-state index in [4.69, 9.17) is 4.42 Å². The first-order chi connectivity index (χ1) is 12.7.